The molecular weight excluding hydrogens is 452 g/mol. The summed E-state index contributed by atoms with van der Waals surface area (Å²) in [6.45, 7) is 8.40. The van der Waals surface area contributed by atoms with E-state index in [0.29, 0.717) is 25.1 Å². The van der Waals surface area contributed by atoms with Crippen LogP contribution in [0.25, 0.3) is 0 Å². The van der Waals surface area contributed by atoms with Gasteiger partial charge in [-0.15, -0.1) is 11.8 Å². The number of nitrogens with zero attached hydrogens (tertiary/aromatic N) is 1. The maximum absolute atomic E-state index is 13.6. The van der Waals surface area contributed by atoms with Crippen LogP contribution < -0.4 is 5.32 Å². The number of rotatable bonds is 11. The van der Waals surface area contributed by atoms with E-state index in [1.807, 2.05) is 75.4 Å². The molecule has 35 heavy (non-hydrogen) atoms. The number of thioether (sulfide) groups is 1. The highest BCUT2D eigenvalue weighted by molar-refractivity contribution is 7.99. The predicted molar refractivity (Wildman–Crippen MR) is 145 cm³/mol. The first kappa shape index (κ1) is 26.6. The van der Waals surface area contributed by atoms with E-state index in [-0.39, 0.29) is 17.9 Å². The molecule has 184 valence electrons. The monoisotopic (exact) mass is 488 g/mol. The first-order valence-corrected chi connectivity index (χ1v) is 13.2. The van der Waals surface area contributed by atoms with Crippen LogP contribution in [0.2, 0.25) is 0 Å². The second-order valence-electron chi connectivity index (χ2n) is 9.29. The van der Waals surface area contributed by atoms with Crippen molar-refractivity contribution in [1.29, 1.82) is 0 Å². The Kier molecular flexibility index (Phi) is 9.98. The fourth-order valence-electron chi connectivity index (χ4n) is 3.86. The van der Waals surface area contributed by atoms with Crippen LogP contribution in [0.4, 0.5) is 0 Å². The van der Waals surface area contributed by atoms with E-state index in [1.54, 1.807) is 16.7 Å². The highest BCUT2D eigenvalue weighted by Gasteiger charge is 2.30. The molecule has 0 saturated carbocycles. The van der Waals surface area contributed by atoms with Crippen molar-refractivity contribution in [2.45, 2.75) is 64.1 Å². The van der Waals surface area contributed by atoms with Gasteiger partial charge in [-0.25, -0.2) is 0 Å². The van der Waals surface area contributed by atoms with Gasteiger partial charge in [-0.1, -0.05) is 77.9 Å². The standard InChI is InChI=1S/C30H36N2O2S/c1-22(2)31-30(34)28(20-25-8-6-5-7-9-25)32(21-26-14-10-23(3)11-15-26)29(33)18-19-35-27-16-12-24(4)13-17-27/h5-17,22,28H,18-21H2,1-4H3,(H,31,34)/t28-/m1/s1. The largest absolute Gasteiger partial charge is 0.352 e. The highest BCUT2D eigenvalue weighted by atomic mass is 32.2. The minimum absolute atomic E-state index is 0.00538. The van der Waals surface area contributed by atoms with E-state index in [4.69, 9.17) is 0 Å². The van der Waals surface area contributed by atoms with Crippen molar-refractivity contribution < 1.29 is 9.59 Å². The second kappa shape index (κ2) is 13.1. The summed E-state index contributed by atoms with van der Waals surface area (Å²) < 4.78 is 0. The quantitative estimate of drug-likeness (QED) is 0.339. The summed E-state index contributed by atoms with van der Waals surface area (Å²) >= 11 is 1.67. The maximum Gasteiger partial charge on any atom is 0.243 e. The fraction of sp³-hybridized carbons (Fsp3) is 0.333. The lowest BCUT2D eigenvalue weighted by molar-refractivity contribution is -0.141. The number of hydrogen-bond acceptors (Lipinski definition) is 3. The van der Waals surface area contributed by atoms with Crippen LogP contribution in [0.1, 0.15) is 42.5 Å². The molecule has 0 radical (unpaired) electrons. The summed E-state index contributed by atoms with van der Waals surface area (Å²) in [5.41, 5.74) is 4.44. The zero-order chi connectivity index (χ0) is 25.2. The number of aryl methyl sites for hydroxylation is 2. The number of carbonyl (C=O) groups is 2. The second-order valence-corrected chi connectivity index (χ2v) is 10.5. The fourth-order valence-corrected chi connectivity index (χ4v) is 4.70. The number of hydrogen-bond donors (Lipinski definition) is 1. The Bertz CT molecular complexity index is 1080. The molecule has 3 rings (SSSR count). The Morgan fingerprint density at radius 2 is 1.43 bits per heavy atom. The number of nitrogens with one attached hydrogen (secondary N) is 1. The Morgan fingerprint density at radius 1 is 0.829 bits per heavy atom. The summed E-state index contributed by atoms with van der Waals surface area (Å²) in [6.07, 6.45) is 0.840. The van der Waals surface area contributed by atoms with Gasteiger partial charge >= 0.3 is 0 Å². The topological polar surface area (TPSA) is 49.4 Å². The summed E-state index contributed by atoms with van der Waals surface area (Å²) in [6, 6.07) is 25.8. The first-order valence-electron chi connectivity index (χ1n) is 12.2. The number of amides is 2. The zero-order valence-electron chi connectivity index (χ0n) is 21.2. The van der Waals surface area contributed by atoms with Crippen molar-refractivity contribution >= 4 is 23.6 Å². The van der Waals surface area contributed by atoms with Gasteiger partial charge < -0.3 is 10.2 Å². The molecule has 3 aromatic carbocycles. The molecule has 1 atom stereocenters. The molecule has 0 aliphatic heterocycles. The van der Waals surface area contributed by atoms with E-state index in [2.05, 4.69) is 36.5 Å². The molecular formula is C30H36N2O2S. The lowest BCUT2D eigenvalue weighted by atomic mass is 10.0. The minimum Gasteiger partial charge on any atom is -0.352 e. The van der Waals surface area contributed by atoms with Crippen molar-refractivity contribution in [2.75, 3.05) is 5.75 Å². The van der Waals surface area contributed by atoms with Gasteiger partial charge in [-0.3, -0.25) is 9.59 Å². The molecule has 0 saturated heterocycles. The van der Waals surface area contributed by atoms with Crippen LogP contribution in [-0.4, -0.2) is 34.6 Å². The van der Waals surface area contributed by atoms with Crippen LogP contribution in [-0.2, 0) is 22.6 Å². The highest BCUT2D eigenvalue weighted by Crippen LogP contribution is 2.21. The van der Waals surface area contributed by atoms with Crippen molar-refractivity contribution in [3.8, 4) is 0 Å². The van der Waals surface area contributed by atoms with Crippen LogP contribution in [0, 0.1) is 13.8 Å². The molecule has 0 spiro atoms. The third kappa shape index (κ3) is 8.59. The molecule has 5 heteroatoms. The molecule has 0 fully saturated rings. The summed E-state index contributed by atoms with van der Waals surface area (Å²) in [7, 11) is 0. The van der Waals surface area contributed by atoms with Crippen molar-refractivity contribution in [1.82, 2.24) is 10.2 Å². The third-order valence-corrected chi connectivity index (χ3v) is 6.79. The van der Waals surface area contributed by atoms with Crippen LogP contribution >= 0.6 is 11.8 Å². The summed E-state index contributed by atoms with van der Waals surface area (Å²) in [4.78, 5) is 29.9. The molecule has 1 N–H and O–H groups in total. The summed E-state index contributed by atoms with van der Waals surface area (Å²) in [5, 5.41) is 3.04. The first-order chi connectivity index (χ1) is 16.8. The van der Waals surface area contributed by atoms with Crippen LogP contribution in [0.5, 0.6) is 0 Å². The van der Waals surface area contributed by atoms with Gasteiger partial charge in [-0.2, -0.15) is 0 Å². The molecule has 0 aliphatic carbocycles. The average molecular weight is 489 g/mol. The zero-order valence-corrected chi connectivity index (χ0v) is 22.0. The van der Waals surface area contributed by atoms with Crippen LogP contribution in [0.15, 0.2) is 83.8 Å². The average Bonchev–Trinajstić information content (AvgIpc) is 2.84. The Morgan fingerprint density at radius 3 is 2.03 bits per heavy atom. The van der Waals surface area contributed by atoms with Gasteiger partial charge in [0, 0.05) is 36.1 Å². The van der Waals surface area contributed by atoms with Gasteiger partial charge in [0.25, 0.3) is 0 Å². The van der Waals surface area contributed by atoms with Crippen molar-refractivity contribution in [2.24, 2.45) is 0 Å². The predicted octanol–water partition coefficient (Wildman–Crippen LogP) is 5.95. The molecule has 4 nitrogen and oxygen atoms in total. The van der Waals surface area contributed by atoms with Gasteiger partial charge in [0.2, 0.25) is 11.8 Å². The van der Waals surface area contributed by atoms with Crippen molar-refractivity contribution in [3.05, 3.63) is 101 Å². The van der Waals surface area contributed by atoms with Gasteiger partial charge in [-0.05, 0) is 51.0 Å². The Hall–Kier alpha value is -3.05. The lowest BCUT2D eigenvalue weighted by Crippen LogP contribution is -2.51. The van der Waals surface area contributed by atoms with Gasteiger partial charge in [0.05, 0.1) is 0 Å². The van der Waals surface area contributed by atoms with E-state index in [9.17, 15) is 9.59 Å². The van der Waals surface area contributed by atoms with E-state index in [0.717, 1.165) is 16.0 Å². The molecule has 2 amide bonds. The molecule has 0 bridgehead atoms. The van der Waals surface area contributed by atoms with Crippen molar-refractivity contribution in [3.63, 3.8) is 0 Å². The molecule has 0 heterocycles. The summed E-state index contributed by atoms with van der Waals surface area (Å²) in [5.74, 6) is 0.538. The number of carbonyl (C=O) groups excluding carboxylic acids is 2. The van der Waals surface area contributed by atoms with E-state index in [1.165, 1.54) is 11.1 Å². The SMILES string of the molecule is Cc1ccc(CN(C(=O)CCSc2ccc(C)cc2)[C@H](Cc2ccccc2)C(=O)NC(C)C)cc1. The Balaban J connectivity index is 1.83. The smallest absolute Gasteiger partial charge is 0.243 e. The number of benzene rings is 3. The minimum atomic E-state index is -0.585. The normalized spacial score (nSPS) is 11.8. The lowest BCUT2D eigenvalue weighted by Gasteiger charge is -2.32. The van der Waals surface area contributed by atoms with Gasteiger partial charge in [0.15, 0.2) is 0 Å². The third-order valence-electron chi connectivity index (χ3n) is 5.78. The van der Waals surface area contributed by atoms with E-state index >= 15 is 0 Å². The molecule has 0 aliphatic rings. The molecule has 3 aromatic rings. The molecule has 0 unspecified atom stereocenters. The van der Waals surface area contributed by atoms with E-state index < -0.39 is 6.04 Å². The maximum atomic E-state index is 13.6. The Labute approximate surface area is 214 Å². The molecule has 0 aromatic heterocycles. The van der Waals surface area contributed by atoms with Crippen LogP contribution in [0.3, 0.4) is 0 Å². The van der Waals surface area contributed by atoms with Gasteiger partial charge in [0.1, 0.15) is 6.04 Å².